The van der Waals surface area contributed by atoms with Crippen LogP contribution in [0.5, 0.6) is 0 Å². The number of carbonyl (C=O) groups excluding carboxylic acids is 1. The maximum atomic E-state index is 11.1. The van der Waals surface area contributed by atoms with E-state index in [-0.39, 0.29) is 6.61 Å². The van der Waals surface area contributed by atoms with Crippen LogP contribution in [0.25, 0.3) is 0 Å². The van der Waals surface area contributed by atoms with Gasteiger partial charge in [0.15, 0.2) is 0 Å². The minimum atomic E-state index is -0.477. The Kier molecular flexibility index (Phi) is 5.96. The van der Waals surface area contributed by atoms with Crippen molar-refractivity contribution in [1.82, 2.24) is 0 Å². The van der Waals surface area contributed by atoms with E-state index in [2.05, 4.69) is 0 Å². The van der Waals surface area contributed by atoms with Crippen molar-refractivity contribution in [1.29, 1.82) is 0 Å². The minimum Gasteiger partial charge on any atom is -0.496 e. The largest absolute Gasteiger partial charge is 0.496 e. The number of amides is 1. The van der Waals surface area contributed by atoms with Crippen molar-refractivity contribution in [3.05, 3.63) is 72.6 Å². The fourth-order valence-corrected chi connectivity index (χ4v) is 1.06. The third-order valence-corrected chi connectivity index (χ3v) is 1.92. The summed E-state index contributed by atoms with van der Waals surface area (Å²) in [5, 5.41) is 0. The van der Waals surface area contributed by atoms with Gasteiger partial charge in [0.25, 0.3) is 0 Å². The van der Waals surface area contributed by atoms with E-state index in [0.717, 1.165) is 0 Å². The molecule has 0 atom stereocenters. The van der Waals surface area contributed by atoms with Crippen LogP contribution in [0.15, 0.2) is 72.6 Å². The molecule has 17 heavy (non-hydrogen) atoms. The van der Waals surface area contributed by atoms with E-state index in [1.54, 1.807) is 18.2 Å². The molecule has 1 rings (SSSR count). The molecule has 3 heteroatoms. The first kappa shape index (κ1) is 12.8. The van der Waals surface area contributed by atoms with Gasteiger partial charge in [-0.2, -0.15) is 0 Å². The Morgan fingerprint density at radius 1 is 0.941 bits per heavy atom. The molecule has 0 radical (unpaired) electrons. The lowest BCUT2D eigenvalue weighted by atomic mass is 10.2. The van der Waals surface area contributed by atoms with Gasteiger partial charge in [0.2, 0.25) is 5.91 Å². The van der Waals surface area contributed by atoms with Gasteiger partial charge in [-0.1, -0.05) is 54.7 Å². The average Bonchev–Trinajstić information content (AvgIpc) is 2.31. The molecule has 1 aliphatic rings. The number of hydrogen-bond acceptors (Lipinski definition) is 2. The van der Waals surface area contributed by atoms with Crippen molar-refractivity contribution >= 4 is 5.91 Å². The summed E-state index contributed by atoms with van der Waals surface area (Å²) in [5.41, 5.74) is 5.64. The van der Waals surface area contributed by atoms with Gasteiger partial charge in [-0.15, -0.1) is 0 Å². The van der Waals surface area contributed by atoms with Crippen LogP contribution in [0.2, 0.25) is 0 Å². The summed E-state index contributed by atoms with van der Waals surface area (Å²) < 4.78 is 5.18. The third kappa shape index (κ3) is 5.99. The number of rotatable bonds is 1. The minimum absolute atomic E-state index is 0.170. The van der Waals surface area contributed by atoms with Gasteiger partial charge < -0.3 is 10.5 Å². The van der Waals surface area contributed by atoms with Crippen molar-refractivity contribution in [2.24, 2.45) is 5.73 Å². The van der Waals surface area contributed by atoms with Crippen LogP contribution >= 0.6 is 0 Å². The second kappa shape index (κ2) is 7.93. The first-order valence-electron chi connectivity index (χ1n) is 5.24. The maximum Gasteiger partial charge on any atom is 0.248 e. The summed E-state index contributed by atoms with van der Waals surface area (Å²) in [6.45, 7) is 0.170. The summed E-state index contributed by atoms with van der Waals surface area (Å²) in [5.74, 6) is -0.477. The Balaban J connectivity index is 2.80. The summed E-state index contributed by atoms with van der Waals surface area (Å²) in [4.78, 5) is 11.1. The molecule has 0 aliphatic carbocycles. The van der Waals surface area contributed by atoms with Crippen molar-refractivity contribution in [2.45, 2.75) is 0 Å². The van der Waals surface area contributed by atoms with Crippen LogP contribution in [0.4, 0.5) is 0 Å². The molecular formula is C14H15NO2. The number of hydrogen-bond donors (Lipinski definition) is 1. The Hall–Kier alpha value is -2.29. The Bertz CT molecular complexity index is 424. The Morgan fingerprint density at radius 2 is 1.47 bits per heavy atom. The number of allylic oxidation sites excluding steroid dienone is 10. The zero-order valence-corrected chi connectivity index (χ0v) is 9.45. The molecule has 88 valence electrons. The third-order valence-electron chi connectivity index (χ3n) is 1.92. The molecule has 3 nitrogen and oxygen atoms in total. The van der Waals surface area contributed by atoms with Gasteiger partial charge in [0, 0.05) is 0 Å². The lowest BCUT2D eigenvalue weighted by Gasteiger charge is -2.01. The fourth-order valence-electron chi connectivity index (χ4n) is 1.06. The zero-order chi connectivity index (χ0) is 12.3. The van der Waals surface area contributed by atoms with E-state index in [9.17, 15) is 4.79 Å². The van der Waals surface area contributed by atoms with Crippen molar-refractivity contribution in [3.8, 4) is 0 Å². The van der Waals surface area contributed by atoms with Crippen molar-refractivity contribution in [2.75, 3.05) is 6.61 Å². The molecule has 0 aromatic rings. The van der Waals surface area contributed by atoms with Gasteiger partial charge in [-0.05, 0) is 6.08 Å². The van der Waals surface area contributed by atoms with Crippen molar-refractivity contribution < 1.29 is 9.53 Å². The molecule has 0 saturated heterocycles. The highest BCUT2D eigenvalue weighted by Gasteiger charge is 2.02. The number of ether oxygens (including phenoxy) is 1. The summed E-state index contributed by atoms with van der Waals surface area (Å²) in [6, 6.07) is 0. The lowest BCUT2D eigenvalue weighted by molar-refractivity contribution is -0.115. The average molecular weight is 229 g/mol. The second-order valence-corrected chi connectivity index (χ2v) is 3.24. The predicted molar refractivity (Wildman–Crippen MR) is 68.9 cm³/mol. The molecule has 1 heterocycles. The molecule has 0 fully saturated rings. The first-order chi connectivity index (χ1) is 8.30. The molecule has 0 spiro atoms. The fraction of sp³-hybridized carbons (Fsp3) is 0.0714. The van der Waals surface area contributed by atoms with Gasteiger partial charge in [-0.25, -0.2) is 0 Å². The molecule has 0 bridgehead atoms. The van der Waals surface area contributed by atoms with E-state index in [4.69, 9.17) is 10.5 Å². The van der Waals surface area contributed by atoms with Gasteiger partial charge in [0.1, 0.15) is 6.61 Å². The smallest absolute Gasteiger partial charge is 0.248 e. The number of nitrogens with two attached hydrogens (primary N) is 1. The van der Waals surface area contributed by atoms with Crippen LogP contribution in [0, 0.1) is 0 Å². The topological polar surface area (TPSA) is 52.3 Å². The molecule has 0 aromatic carbocycles. The highest BCUT2D eigenvalue weighted by atomic mass is 16.5. The Labute approximate surface area is 101 Å². The maximum absolute atomic E-state index is 11.1. The molecule has 0 aromatic heterocycles. The van der Waals surface area contributed by atoms with Crippen molar-refractivity contribution in [3.63, 3.8) is 0 Å². The van der Waals surface area contributed by atoms with Gasteiger partial charge in [-0.3, -0.25) is 4.79 Å². The normalized spacial score (nSPS) is 28.6. The SMILES string of the molecule is NC(=O)/C1=C/C=C\C=C/C=C\C=C/C=C\OC1. The summed E-state index contributed by atoms with van der Waals surface area (Å²) in [7, 11) is 0. The molecule has 1 aliphatic heterocycles. The van der Waals surface area contributed by atoms with Crippen LogP contribution < -0.4 is 5.73 Å². The van der Waals surface area contributed by atoms with E-state index in [1.807, 2.05) is 42.5 Å². The van der Waals surface area contributed by atoms with Crippen LogP contribution in [-0.2, 0) is 9.53 Å². The molecule has 2 N–H and O–H groups in total. The lowest BCUT2D eigenvalue weighted by Crippen LogP contribution is -2.17. The predicted octanol–water partition coefficient (Wildman–Crippen LogP) is 2.17. The molecule has 1 amide bonds. The van der Waals surface area contributed by atoms with E-state index >= 15 is 0 Å². The van der Waals surface area contributed by atoms with Gasteiger partial charge in [0.05, 0.1) is 11.8 Å². The second-order valence-electron chi connectivity index (χ2n) is 3.24. The highest BCUT2D eigenvalue weighted by molar-refractivity contribution is 5.92. The summed E-state index contributed by atoms with van der Waals surface area (Å²) >= 11 is 0. The quantitative estimate of drug-likeness (QED) is 0.749. The van der Waals surface area contributed by atoms with Crippen LogP contribution in [-0.4, -0.2) is 12.5 Å². The van der Waals surface area contributed by atoms with Gasteiger partial charge >= 0.3 is 0 Å². The number of carbonyl (C=O) groups is 1. The number of primary amides is 1. The van der Waals surface area contributed by atoms with E-state index in [1.165, 1.54) is 6.26 Å². The standard InChI is InChI=1S/C14H15NO2/c15-14(16)13-10-8-6-4-2-1-3-5-7-9-11-17-12-13/h1-11H,12H2,(H2,15,16)/b3-1-,4-2-,7-5-,8-6-,11-9-,13-10+. The Morgan fingerprint density at radius 3 is 2.06 bits per heavy atom. The molecule has 0 unspecified atom stereocenters. The van der Waals surface area contributed by atoms with E-state index < -0.39 is 5.91 Å². The molecular weight excluding hydrogens is 214 g/mol. The van der Waals surface area contributed by atoms with E-state index in [0.29, 0.717) is 5.57 Å². The highest BCUT2D eigenvalue weighted by Crippen LogP contribution is 1.97. The summed E-state index contributed by atoms with van der Waals surface area (Å²) in [6.07, 6.45) is 19.8. The van der Waals surface area contributed by atoms with Crippen LogP contribution in [0.1, 0.15) is 0 Å². The monoisotopic (exact) mass is 229 g/mol. The first-order valence-corrected chi connectivity index (χ1v) is 5.24. The van der Waals surface area contributed by atoms with Crippen LogP contribution in [0.3, 0.4) is 0 Å². The molecule has 0 saturated carbocycles. The zero-order valence-electron chi connectivity index (χ0n) is 9.45.